The Morgan fingerprint density at radius 1 is 1.16 bits per heavy atom. The van der Waals surface area contributed by atoms with Crippen LogP contribution in [0.1, 0.15) is 24.8 Å². The van der Waals surface area contributed by atoms with E-state index in [1.54, 1.807) is 12.1 Å². The van der Waals surface area contributed by atoms with E-state index >= 15 is 0 Å². The summed E-state index contributed by atoms with van der Waals surface area (Å²) in [5.41, 5.74) is 5.02. The fourth-order valence-electron chi connectivity index (χ4n) is 3.52. The van der Waals surface area contributed by atoms with Gasteiger partial charge in [0, 0.05) is 49.1 Å². The summed E-state index contributed by atoms with van der Waals surface area (Å²) in [6.45, 7) is 3.17. The minimum absolute atomic E-state index is 0.240. The Hall–Kier alpha value is -2.53. The van der Waals surface area contributed by atoms with Gasteiger partial charge < -0.3 is 5.32 Å². The molecule has 1 N–H and O–H groups in total. The van der Waals surface area contributed by atoms with Crippen LogP contribution in [0.4, 0.5) is 4.39 Å². The molecule has 1 aliphatic rings. The van der Waals surface area contributed by atoms with Crippen molar-refractivity contribution in [2.24, 2.45) is 7.05 Å². The highest BCUT2D eigenvalue weighted by Crippen LogP contribution is 2.35. The van der Waals surface area contributed by atoms with Crippen LogP contribution in [0, 0.1) is 5.82 Å². The first-order valence-corrected chi connectivity index (χ1v) is 8.59. The van der Waals surface area contributed by atoms with Crippen LogP contribution in [0.25, 0.3) is 22.5 Å². The zero-order valence-corrected chi connectivity index (χ0v) is 14.4. The lowest BCUT2D eigenvalue weighted by atomic mass is 9.91. The Morgan fingerprint density at radius 3 is 2.60 bits per heavy atom. The molecule has 2 atom stereocenters. The van der Waals surface area contributed by atoms with Gasteiger partial charge in [0.1, 0.15) is 5.82 Å². The fourth-order valence-corrected chi connectivity index (χ4v) is 3.52. The highest BCUT2D eigenvalue weighted by Gasteiger charge is 2.26. The number of rotatable bonds is 3. The Morgan fingerprint density at radius 2 is 1.96 bits per heavy atom. The van der Waals surface area contributed by atoms with Gasteiger partial charge in [-0.2, -0.15) is 5.10 Å². The molecule has 5 heteroatoms. The normalized spacial score (nSPS) is 20.1. The van der Waals surface area contributed by atoms with Gasteiger partial charge in [-0.15, -0.1) is 0 Å². The van der Waals surface area contributed by atoms with Crippen molar-refractivity contribution in [1.29, 1.82) is 0 Å². The molecule has 2 aromatic heterocycles. The first-order valence-electron chi connectivity index (χ1n) is 8.59. The first kappa shape index (κ1) is 16.0. The van der Waals surface area contributed by atoms with Crippen LogP contribution in [0.15, 0.2) is 48.8 Å². The van der Waals surface area contributed by atoms with Gasteiger partial charge in [0.25, 0.3) is 0 Å². The average molecular weight is 336 g/mol. The van der Waals surface area contributed by atoms with Crippen LogP contribution in [-0.4, -0.2) is 27.4 Å². The molecule has 1 aromatic carbocycles. The number of aromatic nitrogens is 3. The van der Waals surface area contributed by atoms with E-state index in [1.165, 1.54) is 17.7 Å². The van der Waals surface area contributed by atoms with Crippen LogP contribution in [0.5, 0.6) is 0 Å². The summed E-state index contributed by atoms with van der Waals surface area (Å²) in [6.07, 6.45) is 5.01. The molecule has 25 heavy (non-hydrogen) atoms. The van der Waals surface area contributed by atoms with Gasteiger partial charge >= 0.3 is 0 Å². The summed E-state index contributed by atoms with van der Waals surface area (Å²) in [5.74, 6) is 0.193. The van der Waals surface area contributed by atoms with Gasteiger partial charge in [-0.05, 0) is 55.3 Å². The zero-order chi connectivity index (χ0) is 17.4. The lowest BCUT2D eigenvalue weighted by molar-refractivity contribution is 0.628. The number of aryl methyl sites for hydroxylation is 1. The first-order chi connectivity index (χ1) is 12.1. The molecule has 0 saturated carbocycles. The predicted molar refractivity (Wildman–Crippen MR) is 96.7 cm³/mol. The van der Waals surface area contributed by atoms with Crippen molar-refractivity contribution in [1.82, 2.24) is 20.1 Å². The van der Waals surface area contributed by atoms with Crippen LogP contribution in [0.3, 0.4) is 0 Å². The van der Waals surface area contributed by atoms with Crippen molar-refractivity contribution in [3.8, 4) is 22.5 Å². The topological polar surface area (TPSA) is 42.7 Å². The maximum absolute atomic E-state index is 13.2. The van der Waals surface area contributed by atoms with Crippen LogP contribution in [-0.2, 0) is 7.05 Å². The number of nitrogens with one attached hydrogen (secondary N) is 1. The van der Waals surface area contributed by atoms with Crippen molar-refractivity contribution >= 4 is 0 Å². The second-order valence-electron chi connectivity index (χ2n) is 6.78. The monoisotopic (exact) mass is 336 g/mol. The van der Waals surface area contributed by atoms with Gasteiger partial charge in [0.05, 0.1) is 11.4 Å². The smallest absolute Gasteiger partial charge is 0.123 e. The van der Waals surface area contributed by atoms with E-state index in [-0.39, 0.29) is 5.82 Å². The van der Waals surface area contributed by atoms with Gasteiger partial charge in [0.15, 0.2) is 0 Å². The zero-order valence-electron chi connectivity index (χ0n) is 14.4. The number of pyridine rings is 1. The third-order valence-electron chi connectivity index (χ3n) is 4.85. The minimum atomic E-state index is -0.240. The quantitative estimate of drug-likeness (QED) is 0.792. The largest absolute Gasteiger partial charge is 0.314 e. The van der Waals surface area contributed by atoms with E-state index in [1.807, 2.05) is 30.2 Å². The van der Waals surface area contributed by atoms with Crippen molar-refractivity contribution in [2.45, 2.75) is 25.3 Å². The second-order valence-corrected chi connectivity index (χ2v) is 6.78. The SMILES string of the molecule is CC1CC(c2cnc(-c3ccc(F)cc3)cc2-c2ccn(C)n2)CN1. The molecule has 1 fully saturated rings. The molecule has 2 unspecified atom stereocenters. The Kier molecular flexibility index (Phi) is 4.09. The Bertz CT molecular complexity index is 885. The van der Waals surface area contributed by atoms with Crippen molar-refractivity contribution in [3.63, 3.8) is 0 Å². The lowest BCUT2D eigenvalue weighted by Crippen LogP contribution is -2.16. The molecule has 3 aromatic rings. The Balaban J connectivity index is 1.80. The molecular formula is C20H21FN4. The molecule has 0 spiro atoms. The third-order valence-corrected chi connectivity index (χ3v) is 4.85. The Labute approximate surface area is 146 Å². The number of hydrogen-bond donors (Lipinski definition) is 1. The van der Waals surface area contributed by atoms with Crippen LogP contribution < -0.4 is 5.32 Å². The standard InChI is InChI=1S/C20H21FN4/c1-13-9-15(11-22-13)18-12-23-20(14-3-5-16(21)6-4-14)10-17(18)19-7-8-25(2)24-19/h3-8,10,12-13,15,22H,9,11H2,1-2H3. The lowest BCUT2D eigenvalue weighted by Gasteiger charge is -2.15. The number of nitrogens with zero attached hydrogens (tertiary/aromatic N) is 3. The van der Waals surface area contributed by atoms with Crippen molar-refractivity contribution in [2.75, 3.05) is 6.54 Å². The molecule has 0 bridgehead atoms. The molecule has 1 saturated heterocycles. The van der Waals surface area contributed by atoms with E-state index in [0.717, 1.165) is 35.5 Å². The minimum Gasteiger partial charge on any atom is -0.314 e. The molecule has 0 amide bonds. The second kappa shape index (κ2) is 6.41. The van der Waals surface area contributed by atoms with Gasteiger partial charge in [-0.25, -0.2) is 4.39 Å². The van der Waals surface area contributed by atoms with Gasteiger partial charge in [-0.3, -0.25) is 9.67 Å². The maximum Gasteiger partial charge on any atom is 0.123 e. The summed E-state index contributed by atoms with van der Waals surface area (Å²) < 4.78 is 15.0. The van der Waals surface area contributed by atoms with Gasteiger partial charge in [0.2, 0.25) is 0 Å². The van der Waals surface area contributed by atoms with Crippen molar-refractivity contribution < 1.29 is 4.39 Å². The molecule has 128 valence electrons. The molecule has 0 aliphatic carbocycles. The van der Waals surface area contributed by atoms with E-state index in [4.69, 9.17) is 0 Å². The number of halogens is 1. The highest BCUT2D eigenvalue weighted by molar-refractivity contribution is 5.71. The van der Waals surface area contributed by atoms with E-state index in [0.29, 0.717) is 12.0 Å². The summed E-state index contributed by atoms with van der Waals surface area (Å²) in [6, 6.07) is 11.1. The molecule has 0 radical (unpaired) electrons. The summed E-state index contributed by atoms with van der Waals surface area (Å²) in [7, 11) is 1.92. The molecular weight excluding hydrogens is 315 g/mol. The van der Waals surface area contributed by atoms with Gasteiger partial charge in [-0.1, -0.05) is 0 Å². The van der Waals surface area contributed by atoms with E-state index in [9.17, 15) is 4.39 Å². The summed E-state index contributed by atoms with van der Waals surface area (Å²) in [5, 5.41) is 8.10. The van der Waals surface area contributed by atoms with Crippen molar-refractivity contribution in [3.05, 3.63) is 60.2 Å². The maximum atomic E-state index is 13.2. The van der Waals surface area contributed by atoms with E-state index in [2.05, 4.69) is 28.4 Å². The highest BCUT2D eigenvalue weighted by atomic mass is 19.1. The number of hydrogen-bond acceptors (Lipinski definition) is 3. The third kappa shape index (κ3) is 3.20. The summed E-state index contributed by atoms with van der Waals surface area (Å²) in [4.78, 5) is 4.66. The summed E-state index contributed by atoms with van der Waals surface area (Å²) >= 11 is 0. The van der Waals surface area contributed by atoms with Crippen LogP contribution in [0.2, 0.25) is 0 Å². The molecule has 4 rings (SSSR count). The predicted octanol–water partition coefficient (Wildman–Crippen LogP) is 3.75. The molecule has 1 aliphatic heterocycles. The van der Waals surface area contributed by atoms with E-state index < -0.39 is 0 Å². The van der Waals surface area contributed by atoms with Crippen LogP contribution >= 0.6 is 0 Å². The average Bonchev–Trinajstić information content (AvgIpc) is 3.23. The molecule has 4 nitrogen and oxygen atoms in total. The fraction of sp³-hybridized carbons (Fsp3) is 0.300. The number of benzene rings is 1. The molecule has 3 heterocycles.